The first-order valence-corrected chi connectivity index (χ1v) is 20.7. The van der Waals surface area contributed by atoms with Gasteiger partial charge in [-0.1, -0.05) is 98.8 Å². The van der Waals surface area contributed by atoms with Crippen molar-refractivity contribution in [3.8, 4) is 11.5 Å². The molecule has 0 aliphatic heterocycles. The van der Waals surface area contributed by atoms with E-state index >= 15 is 0 Å². The standard InChI is InChI=1S/C47H51O5P/c1-38-26-31-42(52-38)32-30-41(49)37-40(48)29-27-39-28-33-46(47(36-39)50-2)51-34-18-7-5-3-4-6-8-19-35-53(43-20-12-9-13-21-43,44-22-14-10-15-23-44)45-24-16-11-17-25-45/h9-17,20-33,36-37H,3-8,18-19,34-35H2,1-2H3/p+1/b29-27+,32-30+. The summed E-state index contributed by atoms with van der Waals surface area (Å²) >= 11 is 0. The molecule has 0 saturated heterocycles. The number of hydrogen-bond acceptors (Lipinski definition) is 5. The second-order valence-electron chi connectivity index (χ2n) is 13.2. The first-order valence-electron chi connectivity index (χ1n) is 18.7. The normalized spacial score (nSPS) is 12.1. The first-order chi connectivity index (χ1) is 26.0. The van der Waals surface area contributed by atoms with Gasteiger partial charge in [0.2, 0.25) is 0 Å². The van der Waals surface area contributed by atoms with Crippen LogP contribution in [0.3, 0.4) is 0 Å². The fourth-order valence-electron chi connectivity index (χ4n) is 6.61. The smallest absolute Gasteiger partial charge is 0.182 e. The lowest BCUT2D eigenvalue weighted by Gasteiger charge is -2.27. The molecule has 5 nitrogen and oxygen atoms in total. The van der Waals surface area contributed by atoms with Crippen molar-refractivity contribution < 1.29 is 23.8 Å². The Hall–Kier alpha value is -5.12. The number of furan rings is 1. The van der Waals surface area contributed by atoms with Gasteiger partial charge in [0.25, 0.3) is 0 Å². The maximum atomic E-state index is 12.1. The molecule has 0 aliphatic rings. The van der Waals surface area contributed by atoms with E-state index in [1.807, 2.05) is 31.2 Å². The Morgan fingerprint density at radius 3 is 1.77 bits per heavy atom. The van der Waals surface area contributed by atoms with Gasteiger partial charge in [-0.15, -0.1) is 0 Å². The van der Waals surface area contributed by atoms with Gasteiger partial charge in [0.1, 0.15) is 40.5 Å². The van der Waals surface area contributed by atoms with E-state index in [0.29, 0.717) is 23.9 Å². The Bertz CT molecular complexity index is 1830. The highest BCUT2D eigenvalue weighted by molar-refractivity contribution is 7.95. The Morgan fingerprint density at radius 1 is 0.660 bits per heavy atom. The molecular weight excluding hydrogens is 675 g/mol. The maximum Gasteiger partial charge on any atom is 0.182 e. The number of carbonyl (C=O) groups excluding carboxylic acids is 1. The number of aliphatic hydroxyl groups is 1. The van der Waals surface area contributed by atoms with Crippen molar-refractivity contribution in [1.29, 1.82) is 0 Å². The fourth-order valence-corrected chi connectivity index (χ4v) is 11.0. The zero-order chi connectivity index (χ0) is 37.1. The number of carbonyl (C=O) groups is 1. The lowest BCUT2D eigenvalue weighted by Crippen LogP contribution is -2.33. The third kappa shape index (κ3) is 11.7. The van der Waals surface area contributed by atoms with Crippen LogP contribution in [0.15, 0.2) is 150 Å². The summed E-state index contributed by atoms with van der Waals surface area (Å²) in [7, 11) is -0.122. The maximum absolute atomic E-state index is 12.1. The second kappa shape index (κ2) is 20.8. The fraction of sp³-hybridized carbons (Fsp3) is 0.255. The highest BCUT2D eigenvalue weighted by Crippen LogP contribution is 2.56. The minimum atomic E-state index is -1.74. The number of rotatable bonds is 21. The van der Waals surface area contributed by atoms with E-state index in [-0.39, 0.29) is 11.5 Å². The van der Waals surface area contributed by atoms with Crippen molar-refractivity contribution in [2.75, 3.05) is 19.9 Å². The minimum Gasteiger partial charge on any atom is -0.508 e. The predicted octanol–water partition coefficient (Wildman–Crippen LogP) is 10.8. The van der Waals surface area contributed by atoms with E-state index in [9.17, 15) is 9.90 Å². The molecule has 0 spiro atoms. The highest BCUT2D eigenvalue weighted by Gasteiger charge is 2.44. The van der Waals surface area contributed by atoms with Crippen molar-refractivity contribution in [3.05, 3.63) is 162 Å². The van der Waals surface area contributed by atoms with Gasteiger partial charge in [0.15, 0.2) is 17.3 Å². The molecule has 0 unspecified atom stereocenters. The van der Waals surface area contributed by atoms with Crippen LogP contribution in [-0.2, 0) is 4.79 Å². The molecule has 0 atom stereocenters. The van der Waals surface area contributed by atoms with Gasteiger partial charge in [-0.2, -0.15) is 0 Å². The van der Waals surface area contributed by atoms with Gasteiger partial charge in [0, 0.05) is 6.08 Å². The summed E-state index contributed by atoms with van der Waals surface area (Å²) in [5.41, 5.74) is 0.816. The largest absolute Gasteiger partial charge is 0.508 e. The molecule has 0 saturated carbocycles. The summed E-state index contributed by atoms with van der Waals surface area (Å²) in [5.74, 6) is 2.18. The predicted molar refractivity (Wildman–Crippen MR) is 223 cm³/mol. The first kappa shape index (κ1) is 39.1. The zero-order valence-electron chi connectivity index (χ0n) is 31.0. The minimum absolute atomic E-state index is 0.146. The van der Waals surface area contributed by atoms with Gasteiger partial charge in [-0.05, 0) is 111 Å². The molecule has 1 N–H and O–H groups in total. The second-order valence-corrected chi connectivity index (χ2v) is 16.8. The van der Waals surface area contributed by atoms with Crippen molar-refractivity contribution in [3.63, 3.8) is 0 Å². The SMILES string of the molecule is COc1cc(/C=C/C(O)=C\C(=O)/C=C/c2ccc(C)o2)ccc1OCCCCCCCCCC[P+](c1ccccc1)(c1ccccc1)c1ccccc1. The third-order valence-corrected chi connectivity index (χ3v) is 13.9. The van der Waals surface area contributed by atoms with Gasteiger partial charge in [-0.25, -0.2) is 0 Å². The van der Waals surface area contributed by atoms with E-state index in [4.69, 9.17) is 13.9 Å². The van der Waals surface area contributed by atoms with E-state index in [1.165, 1.54) is 72.8 Å². The van der Waals surface area contributed by atoms with Crippen LogP contribution in [0.2, 0.25) is 0 Å². The molecule has 0 amide bonds. The van der Waals surface area contributed by atoms with Gasteiger partial charge < -0.3 is 19.0 Å². The highest BCUT2D eigenvalue weighted by atomic mass is 31.2. The molecule has 5 rings (SSSR count). The molecular formula is C47H52O5P+. The molecule has 53 heavy (non-hydrogen) atoms. The van der Waals surface area contributed by atoms with Crippen molar-refractivity contribution in [1.82, 2.24) is 0 Å². The van der Waals surface area contributed by atoms with Crippen molar-refractivity contribution in [2.24, 2.45) is 0 Å². The van der Waals surface area contributed by atoms with Crippen LogP contribution >= 0.6 is 7.26 Å². The average molecular weight is 728 g/mol. The van der Waals surface area contributed by atoms with Gasteiger partial charge >= 0.3 is 0 Å². The van der Waals surface area contributed by atoms with Crippen LogP contribution in [0.25, 0.3) is 12.2 Å². The molecule has 0 radical (unpaired) electrons. The molecule has 274 valence electrons. The monoisotopic (exact) mass is 727 g/mol. The average Bonchev–Trinajstić information content (AvgIpc) is 3.62. The van der Waals surface area contributed by atoms with E-state index in [1.54, 1.807) is 25.3 Å². The number of aryl methyl sites for hydroxylation is 1. The number of hydrogen-bond donors (Lipinski definition) is 1. The molecule has 4 aromatic carbocycles. The van der Waals surface area contributed by atoms with Crippen LogP contribution in [0.1, 0.15) is 68.5 Å². The number of ketones is 1. The van der Waals surface area contributed by atoms with E-state index in [0.717, 1.165) is 30.2 Å². The van der Waals surface area contributed by atoms with Crippen LogP contribution in [0.4, 0.5) is 0 Å². The third-order valence-electron chi connectivity index (χ3n) is 9.33. The zero-order valence-corrected chi connectivity index (χ0v) is 31.9. The number of aliphatic hydroxyl groups excluding tert-OH is 1. The van der Waals surface area contributed by atoms with Crippen molar-refractivity contribution in [2.45, 2.75) is 58.3 Å². The molecule has 6 heteroatoms. The van der Waals surface area contributed by atoms with Crippen LogP contribution in [0, 0.1) is 6.92 Å². The van der Waals surface area contributed by atoms with Gasteiger partial charge in [-0.3, -0.25) is 4.79 Å². The molecule has 1 aromatic heterocycles. The van der Waals surface area contributed by atoms with E-state index < -0.39 is 7.26 Å². The Kier molecular flexibility index (Phi) is 15.3. The molecule has 0 fully saturated rings. The number of allylic oxidation sites excluding steroid dienone is 3. The molecule has 5 aromatic rings. The summed E-state index contributed by atoms with van der Waals surface area (Å²) in [6.07, 6.45) is 18.0. The molecule has 1 heterocycles. The summed E-state index contributed by atoms with van der Waals surface area (Å²) in [6, 6.07) is 42.8. The topological polar surface area (TPSA) is 68.9 Å². The lowest BCUT2D eigenvalue weighted by molar-refractivity contribution is -0.110. The summed E-state index contributed by atoms with van der Waals surface area (Å²) in [4.78, 5) is 12.1. The Morgan fingerprint density at radius 2 is 1.23 bits per heavy atom. The number of methoxy groups -OCH3 is 1. The number of ether oxygens (including phenoxy) is 2. The lowest BCUT2D eigenvalue weighted by atomic mass is 10.1. The van der Waals surface area contributed by atoms with Gasteiger partial charge in [0.05, 0.1) is 19.9 Å². The molecule has 0 bridgehead atoms. The number of unbranched alkanes of at least 4 members (excludes halogenated alkanes) is 7. The summed E-state index contributed by atoms with van der Waals surface area (Å²) in [5, 5.41) is 14.6. The summed E-state index contributed by atoms with van der Waals surface area (Å²) in [6.45, 7) is 2.47. The van der Waals surface area contributed by atoms with E-state index in [2.05, 4.69) is 91.0 Å². The van der Waals surface area contributed by atoms with Crippen molar-refractivity contribution >= 4 is 41.1 Å². The number of benzene rings is 4. The quantitative estimate of drug-likeness (QED) is 0.0268. The van der Waals surface area contributed by atoms with Crippen LogP contribution in [0.5, 0.6) is 11.5 Å². The van der Waals surface area contributed by atoms with Crippen LogP contribution in [-0.4, -0.2) is 30.8 Å². The molecule has 0 aliphatic carbocycles. The Balaban J connectivity index is 1.01. The van der Waals surface area contributed by atoms with Crippen LogP contribution < -0.4 is 25.4 Å². The summed E-state index contributed by atoms with van der Waals surface area (Å²) < 4.78 is 17.0. The Labute approximate surface area is 316 Å².